The van der Waals surface area contributed by atoms with E-state index in [1.54, 1.807) is 32.9 Å². The molecule has 3 amide bonds. The van der Waals surface area contributed by atoms with Gasteiger partial charge in [0.2, 0.25) is 17.6 Å². The van der Waals surface area contributed by atoms with Gasteiger partial charge in [0, 0.05) is 19.6 Å². The number of rotatable bonds is 18. The largest absolute Gasteiger partial charge is 0.493 e. The van der Waals surface area contributed by atoms with E-state index < -0.39 is 41.7 Å². The minimum absolute atomic E-state index is 0.0628. The van der Waals surface area contributed by atoms with Gasteiger partial charge in [-0.2, -0.15) is 0 Å². The van der Waals surface area contributed by atoms with Crippen molar-refractivity contribution in [1.29, 1.82) is 0 Å². The van der Waals surface area contributed by atoms with E-state index >= 15 is 0 Å². The number of aliphatic hydroxyl groups excluding tert-OH is 1. The summed E-state index contributed by atoms with van der Waals surface area (Å²) < 4.78 is 27.2. The Morgan fingerprint density at radius 1 is 0.830 bits per heavy atom. The summed E-state index contributed by atoms with van der Waals surface area (Å²) in [5.74, 6) is -0.695. The van der Waals surface area contributed by atoms with Crippen LogP contribution in [0.25, 0.3) is 0 Å². The van der Waals surface area contributed by atoms with E-state index in [0.717, 1.165) is 5.56 Å². The van der Waals surface area contributed by atoms with Crippen molar-refractivity contribution in [3.8, 4) is 17.2 Å². The summed E-state index contributed by atoms with van der Waals surface area (Å²) in [7, 11) is 6.03. The van der Waals surface area contributed by atoms with Crippen LogP contribution in [0.1, 0.15) is 52.2 Å². The molecule has 0 saturated carbocycles. The van der Waals surface area contributed by atoms with E-state index in [-0.39, 0.29) is 37.6 Å². The van der Waals surface area contributed by atoms with Gasteiger partial charge in [-0.15, -0.1) is 0 Å². The number of hydrogen-bond acceptors (Lipinski definition) is 9. The molecule has 0 aliphatic carbocycles. The van der Waals surface area contributed by atoms with Crippen LogP contribution in [0.4, 0.5) is 4.79 Å². The van der Waals surface area contributed by atoms with Gasteiger partial charge in [-0.05, 0) is 63.1 Å². The fraction of sp³-hybridized carbons (Fsp3) is 0.571. The first-order chi connectivity index (χ1) is 22.2. The average molecular weight is 660 g/mol. The molecular weight excluding hydrogens is 606 g/mol. The van der Waals surface area contributed by atoms with Crippen LogP contribution >= 0.6 is 0 Å². The molecule has 12 heteroatoms. The van der Waals surface area contributed by atoms with E-state index in [1.807, 2.05) is 44.2 Å². The molecule has 12 nitrogen and oxygen atoms in total. The number of ether oxygens (including phenoxy) is 5. The smallest absolute Gasteiger partial charge is 0.407 e. The number of alkyl carbamates (subject to hydrolysis) is 1. The van der Waals surface area contributed by atoms with Crippen LogP contribution in [0.15, 0.2) is 42.5 Å². The maximum absolute atomic E-state index is 14.1. The van der Waals surface area contributed by atoms with Crippen LogP contribution in [-0.2, 0) is 31.9 Å². The molecule has 0 fully saturated rings. The molecule has 0 spiro atoms. The molecule has 0 saturated heterocycles. The van der Waals surface area contributed by atoms with Gasteiger partial charge >= 0.3 is 6.09 Å². The minimum atomic E-state index is -1.18. The lowest BCUT2D eigenvalue weighted by Gasteiger charge is -2.30. The highest BCUT2D eigenvalue weighted by Gasteiger charge is 2.33. The summed E-state index contributed by atoms with van der Waals surface area (Å²) >= 11 is 0. The van der Waals surface area contributed by atoms with Crippen LogP contribution in [0.2, 0.25) is 0 Å². The van der Waals surface area contributed by atoms with Crippen LogP contribution < -0.4 is 30.2 Å². The van der Waals surface area contributed by atoms with E-state index in [4.69, 9.17) is 23.7 Å². The van der Waals surface area contributed by atoms with E-state index in [0.29, 0.717) is 29.4 Å². The molecule has 2 aromatic carbocycles. The van der Waals surface area contributed by atoms with Crippen LogP contribution in [-0.4, -0.2) is 88.4 Å². The first-order valence-corrected chi connectivity index (χ1v) is 15.8. The normalized spacial score (nSPS) is 13.9. The first kappa shape index (κ1) is 39.1. The number of nitrogens with one attached hydrogen (secondary N) is 3. The van der Waals surface area contributed by atoms with Gasteiger partial charge in [-0.25, -0.2) is 4.79 Å². The van der Waals surface area contributed by atoms with Crippen molar-refractivity contribution >= 4 is 17.9 Å². The lowest BCUT2D eigenvalue weighted by Crippen LogP contribution is -2.53. The van der Waals surface area contributed by atoms with Crippen LogP contribution in [0.5, 0.6) is 17.2 Å². The third-order valence-electron chi connectivity index (χ3n) is 7.47. The number of carbonyl (C=O) groups is 3. The number of carbonyl (C=O) groups excluding carboxylic acids is 3. The highest BCUT2D eigenvalue weighted by Crippen LogP contribution is 2.41. The van der Waals surface area contributed by atoms with Crippen molar-refractivity contribution in [2.75, 3.05) is 41.6 Å². The third-order valence-corrected chi connectivity index (χ3v) is 7.47. The Hall–Kier alpha value is -4.03. The van der Waals surface area contributed by atoms with E-state index in [9.17, 15) is 19.5 Å². The Labute approximate surface area is 278 Å². The quantitative estimate of drug-likeness (QED) is 0.176. The SMILES string of the molecule is COCCNC(=O)[C@@H](NC(=O)[C@H](Cc1ccc(OC)c(OC)c1OC)C[C@H](O)[C@H](Cc1ccccc1)NC(=O)OC(C)(C)C)C(C)C. The van der Waals surface area contributed by atoms with E-state index in [1.165, 1.54) is 28.4 Å². The van der Waals surface area contributed by atoms with Gasteiger partial charge in [-0.3, -0.25) is 9.59 Å². The maximum atomic E-state index is 14.1. The lowest BCUT2D eigenvalue weighted by molar-refractivity contribution is -0.132. The second-order valence-corrected chi connectivity index (χ2v) is 12.7. The summed E-state index contributed by atoms with van der Waals surface area (Å²) in [5, 5.41) is 20.2. The summed E-state index contributed by atoms with van der Waals surface area (Å²) in [6.45, 7) is 9.54. The fourth-order valence-corrected chi connectivity index (χ4v) is 5.13. The van der Waals surface area contributed by atoms with Crippen molar-refractivity contribution in [3.05, 3.63) is 53.6 Å². The molecule has 0 unspecified atom stereocenters. The molecule has 0 heterocycles. The van der Waals surface area contributed by atoms with E-state index in [2.05, 4.69) is 16.0 Å². The topological polar surface area (TPSA) is 154 Å². The predicted molar refractivity (Wildman–Crippen MR) is 179 cm³/mol. The summed E-state index contributed by atoms with van der Waals surface area (Å²) in [6, 6.07) is 11.2. The molecule has 0 bridgehead atoms. The van der Waals surface area contributed by atoms with Crippen molar-refractivity contribution in [2.24, 2.45) is 11.8 Å². The Balaban J connectivity index is 2.49. The molecule has 0 aliphatic heterocycles. The summed E-state index contributed by atoms with van der Waals surface area (Å²) in [5.41, 5.74) is 0.750. The highest BCUT2D eigenvalue weighted by atomic mass is 16.6. The number of hydrogen-bond donors (Lipinski definition) is 4. The summed E-state index contributed by atoms with van der Waals surface area (Å²) in [6.07, 6.45) is -1.53. The number of aliphatic hydroxyl groups is 1. The Bertz CT molecular complexity index is 1280. The Kier molecular flexibility index (Phi) is 15.8. The molecule has 0 aromatic heterocycles. The van der Waals surface area contributed by atoms with Crippen molar-refractivity contribution in [3.63, 3.8) is 0 Å². The molecule has 262 valence electrons. The standard InChI is InChI=1S/C35H53N3O9/c1-22(2)29(33(41)36-17-18-43-6)38-32(40)25(20-24-15-16-28(44-7)31(46-9)30(24)45-8)21-27(39)26(19-23-13-11-10-12-14-23)37-34(42)47-35(3,4)5/h10-16,22,25-27,29,39H,17-21H2,1-9H3,(H,36,41)(H,37,42)(H,38,40)/t25-,26+,27+,29+/m1/s1. The Morgan fingerprint density at radius 3 is 2.04 bits per heavy atom. The third kappa shape index (κ3) is 12.6. The van der Waals surface area contributed by atoms with Crippen molar-refractivity contribution in [2.45, 2.75) is 77.7 Å². The molecule has 47 heavy (non-hydrogen) atoms. The first-order valence-electron chi connectivity index (χ1n) is 15.8. The second kappa shape index (κ2) is 19.0. The monoisotopic (exact) mass is 659 g/mol. The zero-order chi connectivity index (χ0) is 35.1. The number of amides is 3. The summed E-state index contributed by atoms with van der Waals surface area (Å²) in [4.78, 5) is 40.0. The fourth-order valence-electron chi connectivity index (χ4n) is 5.13. The average Bonchev–Trinajstić information content (AvgIpc) is 3.01. The number of benzene rings is 2. The molecule has 2 aromatic rings. The van der Waals surface area contributed by atoms with Gasteiger partial charge in [0.1, 0.15) is 11.6 Å². The molecule has 0 aliphatic rings. The van der Waals surface area contributed by atoms with Gasteiger partial charge in [-0.1, -0.05) is 50.2 Å². The van der Waals surface area contributed by atoms with Crippen LogP contribution in [0, 0.1) is 11.8 Å². The highest BCUT2D eigenvalue weighted by molar-refractivity contribution is 5.89. The molecule has 0 radical (unpaired) electrons. The molecule has 4 N–H and O–H groups in total. The molecule has 4 atom stereocenters. The zero-order valence-electron chi connectivity index (χ0n) is 29.2. The zero-order valence-corrected chi connectivity index (χ0v) is 29.2. The van der Waals surface area contributed by atoms with Gasteiger partial charge < -0.3 is 44.7 Å². The van der Waals surface area contributed by atoms with Crippen molar-refractivity contribution in [1.82, 2.24) is 16.0 Å². The molecule has 2 rings (SSSR count). The lowest BCUT2D eigenvalue weighted by atomic mass is 9.87. The maximum Gasteiger partial charge on any atom is 0.407 e. The minimum Gasteiger partial charge on any atom is -0.493 e. The number of methoxy groups -OCH3 is 4. The van der Waals surface area contributed by atoms with Gasteiger partial charge in [0.15, 0.2) is 11.5 Å². The predicted octanol–water partition coefficient (Wildman–Crippen LogP) is 3.66. The van der Waals surface area contributed by atoms with Crippen LogP contribution in [0.3, 0.4) is 0 Å². The Morgan fingerprint density at radius 2 is 1.49 bits per heavy atom. The van der Waals surface area contributed by atoms with Gasteiger partial charge in [0.05, 0.1) is 40.1 Å². The van der Waals surface area contributed by atoms with Gasteiger partial charge in [0.25, 0.3) is 0 Å². The molecular formula is C35H53N3O9. The van der Waals surface area contributed by atoms with Crippen molar-refractivity contribution < 1.29 is 43.2 Å². The second-order valence-electron chi connectivity index (χ2n) is 12.7.